The molecule has 0 unspecified atom stereocenters. The Morgan fingerprint density at radius 1 is 1.14 bits per heavy atom. The van der Waals surface area contributed by atoms with Crippen molar-refractivity contribution >= 4 is 0 Å². The number of halogens is 2. The SMILES string of the molecule is CC1(C)[C@H]2CC[C@@]1(c1ccnc(-c3ncnn3C[C@@H](O)CO)n1)c1nnc(-c3c(F)cccc3F)cc12. The Morgan fingerprint density at radius 2 is 1.92 bits per heavy atom. The molecule has 0 radical (unpaired) electrons. The monoisotopic (exact) mass is 505 g/mol. The predicted molar refractivity (Wildman–Crippen MR) is 128 cm³/mol. The van der Waals surface area contributed by atoms with Gasteiger partial charge in [0.2, 0.25) is 0 Å². The topological polar surface area (TPSA) is 123 Å². The Bertz CT molecular complexity index is 1490. The minimum atomic E-state index is -0.998. The molecule has 2 aliphatic rings. The Labute approximate surface area is 211 Å². The maximum absolute atomic E-state index is 14.5. The molecule has 1 fully saturated rings. The van der Waals surface area contributed by atoms with Gasteiger partial charge in [-0.1, -0.05) is 19.9 Å². The highest BCUT2D eigenvalue weighted by atomic mass is 19.1. The van der Waals surface area contributed by atoms with Crippen LogP contribution in [-0.4, -0.2) is 57.9 Å². The van der Waals surface area contributed by atoms with Gasteiger partial charge >= 0.3 is 0 Å². The van der Waals surface area contributed by atoms with Gasteiger partial charge in [0.05, 0.1) is 47.3 Å². The number of aliphatic hydroxyl groups is 2. The molecule has 3 aromatic heterocycles. The van der Waals surface area contributed by atoms with Crippen molar-refractivity contribution in [2.24, 2.45) is 5.41 Å². The van der Waals surface area contributed by atoms with Crippen molar-refractivity contribution in [1.29, 1.82) is 0 Å². The van der Waals surface area contributed by atoms with Crippen molar-refractivity contribution < 1.29 is 19.0 Å². The molecule has 3 atom stereocenters. The van der Waals surface area contributed by atoms with Gasteiger partial charge in [-0.3, -0.25) is 0 Å². The molecule has 0 spiro atoms. The zero-order valence-corrected chi connectivity index (χ0v) is 20.3. The quantitative estimate of drug-likeness (QED) is 0.410. The molecule has 0 amide bonds. The zero-order valence-electron chi connectivity index (χ0n) is 20.3. The Morgan fingerprint density at radius 3 is 2.68 bits per heavy atom. The number of benzene rings is 1. The molecule has 2 N–H and O–H groups in total. The normalized spacial score (nSPS) is 22.3. The van der Waals surface area contributed by atoms with E-state index in [4.69, 9.17) is 4.98 Å². The van der Waals surface area contributed by atoms with Crippen LogP contribution in [0.2, 0.25) is 0 Å². The second-order valence-electron chi connectivity index (χ2n) is 10.2. The molecule has 2 aliphatic carbocycles. The molecule has 0 saturated heterocycles. The molecule has 2 bridgehead atoms. The van der Waals surface area contributed by atoms with E-state index >= 15 is 0 Å². The molecule has 11 heteroatoms. The number of aliphatic hydroxyl groups excluding tert-OH is 2. The first-order valence-electron chi connectivity index (χ1n) is 12.1. The van der Waals surface area contributed by atoms with Crippen LogP contribution in [0.25, 0.3) is 22.9 Å². The van der Waals surface area contributed by atoms with Crippen molar-refractivity contribution in [2.45, 2.75) is 50.7 Å². The van der Waals surface area contributed by atoms with Gasteiger partial charge in [0.1, 0.15) is 18.0 Å². The third kappa shape index (κ3) is 3.33. The van der Waals surface area contributed by atoms with Crippen molar-refractivity contribution in [3.8, 4) is 22.9 Å². The van der Waals surface area contributed by atoms with Crippen LogP contribution in [-0.2, 0) is 12.0 Å². The van der Waals surface area contributed by atoms with E-state index in [2.05, 4.69) is 39.1 Å². The fourth-order valence-corrected chi connectivity index (χ4v) is 6.29. The highest BCUT2D eigenvalue weighted by Gasteiger charge is 2.65. The van der Waals surface area contributed by atoms with Gasteiger partial charge in [-0.15, -0.1) is 5.10 Å². The first-order chi connectivity index (χ1) is 17.8. The zero-order chi connectivity index (χ0) is 25.9. The summed E-state index contributed by atoms with van der Waals surface area (Å²) < 4.78 is 30.5. The van der Waals surface area contributed by atoms with Crippen LogP contribution >= 0.6 is 0 Å². The number of aromatic nitrogens is 7. The largest absolute Gasteiger partial charge is 0.394 e. The lowest BCUT2D eigenvalue weighted by Crippen LogP contribution is -2.38. The number of hydrogen-bond donors (Lipinski definition) is 2. The van der Waals surface area contributed by atoms with E-state index in [1.165, 1.54) is 29.2 Å². The molecule has 190 valence electrons. The number of fused-ring (bicyclic) bond motifs is 5. The van der Waals surface area contributed by atoms with Gasteiger partial charge in [0.25, 0.3) is 0 Å². The van der Waals surface area contributed by atoms with Crippen LogP contribution < -0.4 is 0 Å². The Kier molecular flexibility index (Phi) is 5.39. The Hall–Kier alpha value is -3.70. The summed E-state index contributed by atoms with van der Waals surface area (Å²) in [6, 6.07) is 7.38. The molecular formula is C26H25F2N7O2. The lowest BCUT2D eigenvalue weighted by Gasteiger charge is -2.37. The van der Waals surface area contributed by atoms with Crippen LogP contribution in [0.3, 0.4) is 0 Å². The summed E-state index contributed by atoms with van der Waals surface area (Å²) in [5, 5.41) is 32.1. The summed E-state index contributed by atoms with van der Waals surface area (Å²) in [4.78, 5) is 13.6. The van der Waals surface area contributed by atoms with E-state index in [0.29, 0.717) is 11.6 Å². The second kappa shape index (κ2) is 8.42. The third-order valence-electron chi connectivity index (χ3n) is 8.10. The van der Waals surface area contributed by atoms with Gasteiger partial charge in [-0.2, -0.15) is 10.2 Å². The van der Waals surface area contributed by atoms with Crippen molar-refractivity contribution in [3.05, 3.63) is 71.4 Å². The predicted octanol–water partition coefficient (Wildman–Crippen LogP) is 3.03. The van der Waals surface area contributed by atoms with Gasteiger partial charge in [0.15, 0.2) is 11.6 Å². The Balaban J connectivity index is 1.47. The fourth-order valence-electron chi connectivity index (χ4n) is 6.29. The lowest BCUT2D eigenvalue weighted by atomic mass is 9.66. The van der Waals surface area contributed by atoms with Crippen molar-refractivity contribution in [3.63, 3.8) is 0 Å². The molecule has 4 aromatic rings. The average Bonchev–Trinajstić information content (AvgIpc) is 3.51. The molecule has 6 rings (SSSR count). The van der Waals surface area contributed by atoms with Crippen LogP contribution in [0, 0.1) is 17.0 Å². The first kappa shape index (κ1) is 23.7. The highest BCUT2D eigenvalue weighted by molar-refractivity contribution is 5.64. The third-order valence-corrected chi connectivity index (χ3v) is 8.10. The molecule has 1 aromatic carbocycles. The molecule has 37 heavy (non-hydrogen) atoms. The molecule has 1 saturated carbocycles. The van der Waals surface area contributed by atoms with E-state index in [0.717, 1.165) is 29.8 Å². The molecular weight excluding hydrogens is 480 g/mol. The van der Waals surface area contributed by atoms with E-state index in [9.17, 15) is 19.0 Å². The smallest absolute Gasteiger partial charge is 0.197 e. The van der Waals surface area contributed by atoms with Crippen LogP contribution in [0.4, 0.5) is 8.78 Å². The maximum atomic E-state index is 14.5. The molecule has 9 nitrogen and oxygen atoms in total. The second-order valence-corrected chi connectivity index (χ2v) is 10.2. The number of hydrogen-bond acceptors (Lipinski definition) is 8. The summed E-state index contributed by atoms with van der Waals surface area (Å²) in [6.45, 7) is 3.96. The van der Waals surface area contributed by atoms with Gasteiger partial charge in [-0.25, -0.2) is 28.4 Å². The maximum Gasteiger partial charge on any atom is 0.197 e. The van der Waals surface area contributed by atoms with E-state index in [1.54, 1.807) is 12.3 Å². The minimum absolute atomic E-state index is 0.0435. The summed E-state index contributed by atoms with van der Waals surface area (Å²) in [7, 11) is 0. The number of nitrogens with zero attached hydrogens (tertiary/aromatic N) is 7. The van der Waals surface area contributed by atoms with Crippen LogP contribution in [0.15, 0.2) is 42.9 Å². The lowest BCUT2D eigenvalue weighted by molar-refractivity contribution is 0.0786. The van der Waals surface area contributed by atoms with Crippen LogP contribution in [0.5, 0.6) is 0 Å². The molecule has 0 aliphatic heterocycles. The number of rotatable bonds is 6. The highest BCUT2D eigenvalue weighted by Crippen LogP contribution is 2.69. The fraction of sp³-hybridized carbons (Fsp3) is 0.385. The standard InChI is InChI=1S/C26H25F2N7O2/c1-25(2)16-6-8-26(25,22-15(16)10-19(33-34-22)21-17(27)4-3-5-18(21)28)20-7-9-29-23(32-20)24-30-13-31-35(24)11-14(37)12-36/h3-5,7,9-10,13-14,16,36-37H,6,8,11-12H2,1-2H3/t14-,16+,26-/m1/s1. The average molecular weight is 506 g/mol. The summed E-state index contributed by atoms with van der Waals surface area (Å²) in [5.74, 6) is -0.550. The van der Waals surface area contributed by atoms with E-state index in [1.807, 2.05) is 6.07 Å². The summed E-state index contributed by atoms with van der Waals surface area (Å²) in [5.41, 5.74) is 1.55. The van der Waals surface area contributed by atoms with E-state index < -0.39 is 29.8 Å². The summed E-state index contributed by atoms with van der Waals surface area (Å²) in [6.07, 6.45) is 3.66. The van der Waals surface area contributed by atoms with Gasteiger partial charge in [0, 0.05) is 6.20 Å². The molecule has 3 heterocycles. The van der Waals surface area contributed by atoms with Crippen molar-refractivity contribution in [1.82, 2.24) is 34.9 Å². The van der Waals surface area contributed by atoms with Crippen LogP contribution in [0.1, 0.15) is 49.6 Å². The summed E-state index contributed by atoms with van der Waals surface area (Å²) >= 11 is 0. The van der Waals surface area contributed by atoms with Gasteiger partial charge in [-0.05, 0) is 54.0 Å². The van der Waals surface area contributed by atoms with Gasteiger partial charge < -0.3 is 10.2 Å². The first-order valence-corrected chi connectivity index (χ1v) is 12.1. The minimum Gasteiger partial charge on any atom is -0.394 e. The van der Waals surface area contributed by atoms with Crippen molar-refractivity contribution in [2.75, 3.05) is 6.61 Å². The van der Waals surface area contributed by atoms with E-state index in [-0.39, 0.29) is 29.1 Å².